The van der Waals surface area contributed by atoms with Gasteiger partial charge in [0.15, 0.2) is 0 Å². The molecule has 1 aromatic carbocycles. The van der Waals surface area contributed by atoms with E-state index in [0.29, 0.717) is 5.56 Å². The van der Waals surface area contributed by atoms with Crippen molar-refractivity contribution in [2.45, 2.75) is 6.04 Å². The highest BCUT2D eigenvalue weighted by molar-refractivity contribution is 5.75. The normalized spacial score (nSPS) is 12.9. The minimum atomic E-state index is -0.943. The first-order chi connectivity index (χ1) is 6.52. The highest BCUT2D eigenvalue weighted by Gasteiger charge is 2.21. The Morgan fingerprint density at radius 3 is 2.21 bits per heavy atom. The molecule has 0 fully saturated rings. The van der Waals surface area contributed by atoms with E-state index in [-0.39, 0.29) is 5.82 Å². The molecule has 0 aromatic heterocycles. The minimum Gasteiger partial charge on any atom is -0.480 e. The van der Waals surface area contributed by atoms with Crippen molar-refractivity contribution in [2.24, 2.45) is 0 Å². The van der Waals surface area contributed by atoms with Gasteiger partial charge in [-0.3, -0.25) is 9.69 Å². The maximum absolute atomic E-state index is 12.6. The molecular formula is C10H12FNO2. The Hall–Kier alpha value is -1.42. The minimum absolute atomic E-state index is 0.364. The number of benzene rings is 1. The third kappa shape index (κ3) is 2.29. The van der Waals surface area contributed by atoms with Gasteiger partial charge in [0.1, 0.15) is 11.9 Å². The summed E-state index contributed by atoms with van der Waals surface area (Å²) in [5.41, 5.74) is 0.573. The van der Waals surface area contributed by atoms with Crippen molar-refractivity contribution < 1.29 is 14.3 Å². The third-order valence-corrected chi connectivity index (χ3v) is 1.94. The summed E-state index contributed by atoms with van der Waals surface area (Å²) in [5, 5.41) is 8.93. The van der Waals surface area contributed by atoms with Gasteiger partial charge in [-0.25, -0.2) is 4.39 Å². The predicted molar refractivity (Wildman–Crippen MR) is 50.5 cm³/mol. The number of halogens is 1. The largest absolute Gasteiger partial charge is 0.480 e. The summed E-state index contributed by atoms with van der Waals surface area (Å²) >= 11 is 0. The summed E-state index contributed by atoms with van der Waals surface area (Å²) in [7, 11) is 3.34. The number of hydrogen-bond donors (Lipinski definition) is 1. The van der Waals surface area contributed by atoms with E-state index < -0.39 is 12.0 Å². The summed E-state index contributed by atoms with van der Waals surface area (Å²) < 4.78 is 12.6. The fourth-order valence-corrected chi connectivity index (χ4v) is 1.31. The molecule has 1 rings (SSSR count). The van der Waals surface area contributed by atoms with Gasteiger partial charge in [-0.1, -0.05) is 12.1 Å². The molecule has 0 aliphatic heterocycles. The molecule has 1 aromatic rings. The van der Waals surface area contributed by atoms with E-state index in [2.05, 4.69) is 0 Å². The zero-order chi connectivity index (χ0) is 10.7. The van der Waals surface area contributed by atoms with Crippen molar-refractivity contribution >= 4 is 5.97 Å². The Kier molecular flexibility index (Phi) is 3.19. The lowest BCUT2D eigenvalue weighted by molar-refractivity contribution is -0.142. The van der Waals surface area contributed by atoms with Crippen LogP contribution in [0.5, 0.6) is 0 Å². The van der Waals surface area contributed by atoms with Gasteiger partial charge in [0.05, 0.1) is 0 Å². The number of carboxylic acid groups (broad SMARTS) is 1. The predicted octanol–water partition coefficient (Wildman–Crippen LogP) is 1.51. The molecule has 1 atom stereocenters. The number of hydrogen-bond acceptors (Lipinski definition) is 2. The Morgan fingerprint density at radius 2 is 1.86 bits per heavy atom. The van der Waals surface area contributed by atoms with Gasteiger partial charge in [0.2, 0.25) is 0 Å². The lowest BCUT2D eigenvalue weighted by Crippen LogP contribution is -2.27. The van der Waals surface area contributed by atoms with Crippen molar-refractivity contribution in [1.82, 2.24) is 4.90 Å². The van der Waals surface area contributed by atoms with Gasteiger partial charge in [0.25, 0.3) is 0 Å². The third-order valence-electron chi connectivity index (χ3n) is 1.94. The smallest absolute Gasteiger partial charge is 0.325 e. The first kappa shape index (κ1) is 10.7. The average Bonchev–Trinajstić information content (AvgIpc) is 2.07. The lowest BCUT2D eigenvalue weighted by atomic mass is 10.1. The van der Waals surface area contributed by atoms with E-state index in [1.54, 1.807) is 19.0 Å². The van der Waals surface area contributed by atoms with Crippen LogP contribution in [0, 0.1) is 5.82 Å². The number of aliphatic carboxylic acids is 1. The highest BCUT2D eigenvalue weighted by Crippen LogP contribution is 2.18. The van der Waals surface area contributed by atoms with Crippen LogP contribution in [0.2, 0.25) is 0 Å². The van der Waals surface area contributed by atoms with E-state index >= 15 is 0 Å². The molecule has 0 amide bonds. The molecule has 0 saturated heterocycles. The van der Waals surface area contributed by atoms with Gasteiger partial charge in [-0.15, -0.1) is 0 Å². The Bertz CT molecular complexity index is 321. The average molecular weight is 197 g/mol. The van der Waals surface area contributed by atoms with Gasteiger partial charge < -0.3 is 5.11 Å². The zero-order valence-electron chi connectivity index (χ0n) is 8.07. The van der Waals surface area contributed by atoms with Gasteiger partial charge in [-0.05, 0) is 31.8 Å². The molecule has 0 aliphatic rings. The van der Waals surface area contributed by atoms with E-state index in [9.17, 15) is 9.18 Å². The van der Waals surface area contributed by atoms with Gasteiger partial charge in [0, 0.05) is 0 Å². The Labute approximate surface area is 81.8 Å². The second-order valence-electron chi connectivity index (χ2n) is 3.26. The second kappa shape index (κ2) is 4.19. The molecule has 0 bridgehead atoms. The number of likely N-dealkylation sites (N-methyl/N-ethyl adjacent to an activating group) is 1. The molecule has 0 aliphatic carbocycles. The maximum Gasteiger partial charge on any atom is 0.325 e. The fourth-order valence-electron chi connectivity index (χ4n) is 1.31. The Balaban J connectivity index is 3.00. The van der Waals surface area contributed by atoms with Crippen molar-refractivity contribution in [3.05, 3.63) is 35.6 Å². The first-order valence-electron chi connectivity index (χ1n) is 4.17. The van der Waals surface area contributed by atoms with Crippen LogP contribution in [0.3, 0.4) is 0 Å². The number of carbonyl (C=O) groups is 1. The summed E-state index contributed by atoms with van der Waals surface area (Å²) in [4.78, 5) is 12.5. The van der Waals surface area contributed by atoms with Gasteiger partial charge >= 0.3 is 5.97 Å². The van der Waals surface area contributed by atoms with Crippen molar-refractivity contribution in [1.29, 1.82) is 0 Å². The van der Waals surface area contributed by atoms with E-state index in [4.69, 9.17) is 5.11 Å². The van der Waals surface area contributed by atoms with Gasteiger partial charge in [-0.2, -0.15) is 0 Å². The second-order valence-corrected chi connectivity index (χ2v) is 3.26. The van der Waals surface area contributed by atoms with Crippen LogP contribution in [-0.4, -0.2) is 30.1 Å². The van der Waals surface area contributed by atoms with Crippen LogP contribution in [0.1, 0.15) is 11.6 Å². The molecule has 0 spiro atoms. The zero-order valence-corrected chi connectivity index (χ0v) is 8.07. The summed E-state index contributed by atoms with van der Waals surface area (Å²) in [5.74, 6) is -1.31. The standard InChI is InChI=1S/C10H12FNO2/c1-12(2)9(10(13)14)7-3-5-8(11)6-4-7/h3-6,9H,1-2H3,(H,13,14)/t9-/m1/s1. The van der Waals surface area contributed by atoms with Crippen LogP contribution >= 0.6 is 0 Å². The molecule has 4 heteroatoms. The fraction of sp³-hybridized carbons (Fsp3) is 0.300. The number of nitrogens with zero attached hydrogens (tertiary/aromatic N) is 1. The molecule has 14 heavy (non-hydrogen) atoms. The van der Waals surface area contributed by atoms with Crippen molar-refractivity contribution in [3.8, 4) is 0 Å². The Morgan fingerprint density at radius 1 is 1.36 bits per heavy atom. The topological polar surface area (TPSA) is 40.5 Å². The molecule has 0 saturated carbocycles. The van der Waals surface area contributed by atoms with Crippen LogP contribution in [0.25, 0.3) is 0 Å². The van der Waals surface area contributed by atoms with Crippen LogP contribution < -0.4 is 0 Å². The summed E-state index contributed by atoms with van der Waals surface area (Å²) in [6.07, 6.45) is 0. The quantitative estimate of drug-likeness (QED) is 0.798. The van der Waals surface area contributed by atoms with Crippen LogP contribution in [-0.2, 0) is 4.79 Å². The summed E-state index contributed by atoms with van der Waals surface area (Å²) in [6, 6.07) is 4.75. The molecule has 1 N–H and O–H groups in total. The molecule has 0 heterocycles. The SMILES string of the molecule is CN(C)[C@@H](C(=O)O)c1ccc(F)cc1. The van der Waals surface area contributed by atoms with Crippen LogP contribution in [0.15, 0.2) is 24.3 Å². The van der Waals surface area contributed by atoms with Crippen LogP contribution in [0.4, 0.5) is 4.39 Å². The van der Waals surface area contributed by atoms with E-state index in [1.165, 1.54) is 24.3 Å². The highest BCUT2D eigenvalue weighted by atomic mass is 19.1. The molecule has 3 nitrogen and oxygen atoms in total. The lowest BCUT2D eigenvalue weighted by Gasteiger charge is -2.20. The van der Waals surface area contributed by atoms with E-state index in [0.717, 1.165) is 0 Å². The maximum atomic E-state index is 12.6. The molecule has 0 radical (unpaired) electrons. The molecule has 0 unspecified atom stereocenters. The summed E-state index contributed by atoms with van der Waals surface area (Å²) in [6.45, 7) is 0. The van der Waals surface area contributed by atoms with Crippen molar-refractivity contribution in [3.63, 3.8) is 0 Å². The van der Waals surface area contributed by atoms with E-state index in [1.807, 2.05) is 0 Å². The number of carboxylic acids is 1. The molecular weight excluding hydrogens is 185 g/mol. The molecule has 76 valence electrons. The van der Waals surface area contributed by atoms with Crippen molar-refractivity contribution in [2.75, 3.05) is 14.1 Å². The number of rotatable bonds is 3. The first-order valence-corrected chi connectivity index (χ1v) is 4.17. The monoisotopic (exact) mass is 197 g/mol.